The average molecular weight is 436 g/mol. The number of aliphatic hydroxyl groups excluding tert-OH is 1. The number of nitrogens with one attached hydrogen (secondary N) is 1. The first-order valence-corrected chi connectivity index (χ1v) is 11.4. The number of aliphatic hydroxyl groups is 1. The molecule has 5 rings (SSSR count). The maximum Gasteiger partial charge on any atom is 0.326 e. The van der Waals surface area contributed by atoms with Crippen LogP contribution in [0.5, 0.6) is 5.75 Å². The van der Waals surface area contributed by atoms with E-state index in [1.807, 2.05) is 29.2 Å². The van der Waals surface area contributed by atoms with E-state index >= 15 is 0 Å². The molecule has 1 aliphatic carbocycles. The van der Waals surface area contributed by atoms with Crippen LogP contribution in [0.4, 0.5) is 16.2 Å². The highest BCUT2D eigenvalue weighted by Gasteiger charge is 2.56. The zero-order valence-electron chi connectivity index (χ0n) is 18.2. The van der Waals surface area contributed by atoms with E-state index in [9.17, 15) is 14.7 Å². The third-order valence-corrected chi connectivity index (χ3v) is 7.23. The number of urea groups is 1. The molecule has 1 saturated heterocycles. The van der Waals surface area contributed by atoms with E-state index < -0.39 is 0 Å². The minimum Gasteiger partial charge on any atom is -0.497 e. The van der Waals surface area contributed by atoms with Crippen molar-refractivity contribution in [3.05, 3.63) is 54.1 Å². The number of anilines is 2. The van der Waals surface area contributed by atoms with Crippen LogP contribution < -0.4 is 15.0 Å². The van der Waals surface area contributed by atoms with E-state index in [1.165, 1.54) is 0 Å². The number of hydrogen-bond acceptors (Lipinski definition) is 4. The number of para-hydroxylation sites is 1. The monoisotopic (exact) mass is 435 g/mol. The number of amides is 3. The number of carbonyl (C=O) groups is 2. The van der Waals surface area contributed by atoms with Gasteiger partial charge in [-0.15, -0.1) is 0 Å². The van der Waals surface area contributed by atoms with E-state index in [-0.39, 0.29) is 42.5 Å². The number of fused-ring (bicyclic) bond motifs is 3. The van der Waals surface area contributed by atoms with Gasteiger partial charge in [0.25, 0.3) is 0 Å². The molecule has 2 fully saturated rings. The molecule has 3 atom stereocenters. The Morgan fingerprint density at radius 2 is 1.81 bits per heavy atom. The Hall–Kier alpha value is -3.06. The molecule has 1 saturated carbocycles. The van der Waals surface area contributed by atoms with Crippen molar-refractivity contribution in [2.75, 3.05) is 30.5 Å². The van der Waals surface area contributed by atoms with Gasteiger partial charge >= 0.3 is 6.03 Å². The fourth-order valence-electron chi connectivity index (χ4n) is 5.63. The van der Waals surface area contributed by atoms with Gasteiger partial charge in [0.15, 0.2) is 0 Å². The molecule has 0 bridgehead atoms. The van der Waals surface area contributed by atoms with Gasteiger partial charge < -0.3 is 20.1 Å². The van der Waals surface area contributed by atoms with Crippen LogP contribution in [0.3, 0.4) is 0 Å². The lowest BCUT2D eigenvalue weighted by atomic mass is 9.71. The second-order valence-corrected chi connectivity index (χ2v) is 8.90. The van der Waals surface area contributed by atoms with Crippen LogP contribution in [0.2, 0.25) is 0 Å². The van der Waals surface area contributed by atoms with Crippen molar-refractivity contribution in [2.24, 2.45) is 5.92 Å². The highest BCUT2D eigenvalue weighted by molar-refractivity contribution is 6.03. The molecule has 2 heterocycles. The number of hydrogen-bond donors (Lipinski definition) is 2. The molecule has 2 aliphatic heterocycles. The first kappa shape index (κ1) is 20.8. The predicted octanol–water partition coefficient (Wildman–Crippen LogP) is 3.59. The second kappa shape index (κ2) is 8.47. The molecule has 0 aromatic heterocycles. The number of ether oxygens (including phenoxy) is 1. The molecular weight excluding hydrogens is 406 g/mol. The molecule has 0 unspecified atom stereocenters. The molecule has 2 N–H and O–H groups in total. The first-order valence-electron chi connectivity index (χ1n) is 11.4. The third kappa shape index (κ3) is 3.41. The summed E-state index contributed by atoms with van der Waals surface area (Å²) in [5, 5.41) is 13.1. The number of methoxy groups -OCH3 is 1. The molecule has 3 amide bonds. The van der Waals surface area contributed by atoms with Gasteiger partial charge in [-0.3, -0.25) is 9.69 Å². The normalized spacial score (nSPS) is 24.4. The van der Waals surface area contributed by atoms with Gasteiger partial charge in [0.05, 0.1) is 25.8 Å². The lowest BCUT2D eigenvalue weighted by molar-refractivity contribution is -0.154. The Kier molecular flexibility index (Phi) is 5.51. The summed E-state index contributed by atoms with van der Waals surface area (Å²) in [5.74, 6) is 0.952. The molecule has 168 valence electrons. The van der Waals surface area contributed by atoms with Crippen LogP contribution in [0.25, 0.3) is 0 Å². The summed E-state index contributed by atoms with van der Waals surface area (Å²) >= 11 is 0. The molecule has 2 aromatic rings. The summed E-state index contributed by atoms with van der Waals surface area (Å²) in [6.45, 7) is 0.352. The van der Waals surface area contributed by atoms with E-state index in [0.717, 1.165) is 42.7 Å². The lowest BCUT2D eigenvalue weighted by Gasteiger charge is -2.59. The molecular formula is C25H29N3O4. The van der Waals surface area contributed by atoms with Crippen LogP contribution in [-0.4, -0.2) is 54.3 Å². The van der Waals surface area contributed by atoms with Crippen molar-refractivity contribution >= 4 is 23.3 Å². The number of likely N-dealkylation sites (tertiary alicyclic amines) is 1. The summed E-state index contributed by atoms with van der Waals surface area (Å²) in [6, 6.07) is 14.5. The SMILES string of the molecule is COc1ccc(NC(=O)N2C[C@H]3[C@@H](c4ccccc42)[C@@H](CO)N3C(=O)C2CCCC2)cc1. The van der Waals surface area contributed by atoms with Crippen molar-refractivity contribution in [3.63, 3.8) is 0 Å². The van der Waals surface area contributed by atoms with Gasteiger partial charge in [0.2, 0.25) is 5.91 Å². The van der Waals surface area contributed by atoms with Gasteiger partial charge in [0, 0.05) is 29.8 Å². The topological polar surface area (TPSA) is 82.1 Å². The van der Waals surface area contributed by atoms with E-state index in [0.29, 0.717) is 12.2 Å². The number of benzene rings is 2. The van der Waals surface area contributed by atoms with Gasteiger partial charge in [-0.2, -0.15) is 0 Å². The van der Waals surface area contributed by atoms with Gasteiger partial charge in [0.1, 0.15) is 5.75 Å². The summed E-state index contributed by atoms with van der Waals surface area (Å²) in [5.41, 5.74) is 2.53. The van der Waals surface area contributed by atoms with Crippen LogP contribution >= 0.6 is 0 Å². The fraction of sp³-hybridized carbons (Fsp3) is 0.440. The van der Waals surface area contributed by atoms with E-state index in [1.54, 1.807) is 36.3 Å². The van der Waals surface area contributed by atoms with Crippen LogP contribution in [0, 0.1) is 5.92 Å². The summed E-state index contributed by atoms with van der Waals surface area (Å²) in [6.07, 6.45) is 4.01. The van der Waals surface area contributed by atoms with Crippen molar-refractivity contribution in [3.8, 4) is 5.75 Å². The molecule has 7 heteroatoms. The van der Waals surface area contributed by atoms with Crippen LogP contribution in [0.1, 0.15) is 37.2 Å². The fourth-order valence-corrected chi connectivity index (χ4v) is 5.63. The molecule has 0 spiro atoms. The van der Waals surface area contributed by atoms with Gasteiger partial charge in [-0.25, -0.2) is 4.79 Å². The smallest absolute Gasteiger partial charge is 0.326 e. The second-order valence-electron chi connectivity index (χ2n) is 8.90. The maximum absolute atomic E-state index is 13.3. The summed E-state index contributed by atoms with van der Waals surface area (Å²) < 4.78 is 5.19. The Morgan fingerprint density at radius 1 is 1.09 bits per heavy atom. The van der Waals surface area contributed by atoms with Crippen molar-refractivity contribution in [1.82, 2.24) is 4.90 Å². The minimum absolute atomic E-state index is 0.0451. The van der Waals surface area contributed by atoms with Gasteiger partial charge in [-0.05, 0) is 48.7 Å². The van der Waals surface area contributed by atoms with Crippen molar-refractivity contribution < 1.29 is 19.4 Å². The van der Waals surface area contributed by atoms with Crippen LogP contribution in [-0.2, 0) is 4.79 Å². The minimum atomic E-state index is -0.234. The van der Waals surface area contributed by atoms with E-state index in [2.05, 4.69) is 5.32 Å². The van der Waals surface area contributed by atoms with Crippen molar-refractivity contribution in [2.45, 2.75) is 43.7 Å². The van der Waals surface area contributed by atoms with Gasteiger partial charge in [-0.1, -0.05) is 31.0 Å². The number of rotatable bonds is 4. The maximum atomic E-state index is 13.3. The summed E-state index contributed by atoms with van der Waals surface area (Å²) in [4.78, 5) is 30.1. The molecule has 32 heavy (non-hydrogen) atoms. The molecule has 7 nitrogen and oxygen atoms in total. The zero-order chi connectivity index (χ0) is 22.2. The predicted molar refractivity (Wildman–Crippen MR) is 122 cm³/mol. The molecule has 3 aliphatic rings. The lowest BCUT2D eigenvalue weighted by Crippen LogP contribution is -2.71. The number of carbonyl (C=O) groups excluding carboxylic acids is 2. The largest absolute Gasteiger partial charge is 0.497 e. The Balaban J connectivity index is 1.42. The highest BCUT2D eigenvalue weighted by Crippen LogP contribution is 2.49. The van der Waals surface area contributed by atoms with Crippen LogP contribution in [0.15, 0.2) is 48.5 Å². The Morgan fingerprint density at radius 3 is 2.50 bits per heavy atom. The summed E-state index contributed by atoms with van der Waals surface area (Å²) in [7, 11) is 1.60. The number of nitrogens with zero attached hydrogens (tertiary/aromatic N) is 2. The molecule has 0 radical (unpaired) electrons. The Labute approximate surface area is 188 Å². The third-order valence-electron chi connectivity index (χ3n) is 7.23. The quantitative estimate of drug-likeness (QED) is 0.769. The van der Waals surface area contributed by atoms with Crippen molar-refractivity contribution in [1.29, 1.82) is 0 Å². The average Bonchev–Trinajstić information content (AvgIpc) is 3.35. The molecule has 2 aromatic carbocycles. The zero-order valence-corrected chi connectivity index (χ0v) is 18.2. The van der Waals surface area contributed by atoms with E-state index in [4.69, 9.17) is 4.74 Å². The highest BCUT2D eigenvalue weighted by atomic mass is 16.5. The first-order chi connectivity index (χ1) is 15.6. The standard InChI is InChI=1S/C25H29N3O4/c1-32-18-12-10-17(11-13-18)26-25(31)27-14-21-23(19-8-4-5-9-20(19)27)22(15-29)28(21)24(30)16-6-2-3-7-16/h4-5,8-13,16,21-23,29H,2-3,6-7,14-15H2,1H3,(H,26,31)/t21-,22+,23+/m0/s1. The Bertz CT molecular complexity index is 1000.